The summed E-state index contributed by atoms with van der Waals surface area (Å²) in [4.78, 5) is 17.9. The number of carbonyl (C=O) groups is 1. The third-order valence-corrected chi connectivity index (χ3v) is 7.61. The normalized spacial score (nSPS) is 27.8. The van der Waals surface area contributed by atoms with Gasteiger partial charge >= 0.3 is 0 Å². The molecule has 0 bridgehead atoms. The van der Waals surface area contributed by atoms with Crippen molar-refractivity contribution >= 4 is 17.5 Å². The lowest BCUT2D eigenvalue weighted by molar-refractivity contribution is -0.145. The zero-order valence-corrected chi connectivity index (χ0v) is 17.4. The van der Waals surface area contributed by atoms with E-state index in [1.165, 1.54) is 38.5 Å². The van der Waals surface area contributed by atoms with Gasteiger partial charge in [-0.1, -0.05) is 43.7 Å². The minimum atomic E-state index is -0.164. The summed E-state index contributed by atoms with van der Waals surface area (Å²) in [7, 11) is 0. The van der Waals surface area contributed by atoms with Gasteiger partial charge in [0.15, 0.2) is 0 Å². The van der Waals surface area contributed by atoms with E-state index in [9.17, 15) is 4.79 Å². The Morgan fingerprint density at radius 3 is 2.74 bits per heavy atom. The van der Waals surface area contributed by atoms with Crippen molar-refractivity contribution in [3.05, 3.63) is 16.4 Å². The van der Waals surface area contributed by atoms with Crippen LogP contribution in [0.15, 0.2) is 0 Å². The van der Waals surface area contributed by atoms with Gasteiger partial charge in [0, 0.05) is 26.2 Å². The van der Waals surface area contributed by atoms with Crippen LogP contribution in [0.3, 0.4) is 0 Å². The number of hydrogen-bond acceptors (Lipinski definition) is 3. The molecule has 3 aliphatic rings. The molecule has 1 N–H and O–H groups in total. The number of halogens is 1. The molecule has 5 nitrogen and oxygen atoms in total. The molecule has 2 aliphatic heterocycles. The molecule has 150 valence electrons. The molecular weight excluding hydrogens is 360 g/mol. The van der Waals surface area contributed by atoms with Crippen LogP contribution in [0.25, 0.3) is 0 Å². The van der Waals surface area contributed by atoms with Gasteiger partial charge in [-0.2, -0.15) is 5.10 Å². The minimum Gasteiger partial charge on any atom is -0.342 e. The summed E-state index contributed by atoms with van der Waals surface area (Å²) < 4.78 is 0. The molecular formula is C21H33ClN4O. The standard InChI is InChI=1S/C21H33ClN4O/c1-16-19(22)18(24-23-16)14-25-13-10-21(15-25)9-5-11-26(20(21)27)12-8-17-6-3-2-4-7-17/h17H,2-15H2,1H3,(H,23,24)/t21-/m0/s1. The Bertz CT molecular complexity index is 669. The summed E-state index contributed by atoms with van der Waals surface area (Å²) >= 11 is 6.34. The van der Waals surface area contributed by atoms with Gasteiger partial charge in [0.2, 0.25) is 5.91 Å². The second-order valence-corrected chi connectivity index (χ2v) is 9.42. The number of aromatic amines is 1. The van der Waals surface area contributed by atoms with Crippen molar-refractivity contribution in [2.24, 2.45) is 11.3 Å². The van der Waals surface area contributed by atoms with Crippen molar-refractivity contribution < 1.29 is 4.79 Å². The predicted molar refractivity (Wildman–Crippen MR) is 108 cm³/mol. The number of aromatic nitrogens is 2. The Hall–Kier alpha value is -1.07. The van der Waals surface area contributed by atoms with E-state index in [0.717, 1.165) is 74.3 Å². The zero-order valence-electron chi connectivity index (χ0n) is 16.6. The number of nitrogens with zero attached hydrogens (tertiary/aromatic N) is 3. The first-order valence-corrected chi connectivity index (χ1v) is 11.2. The number of aryl methyl sites for hydroxylation is 1. The van der Waals surface area contributed by atoms with Crippen molar-refractivity contribution in [2.45, 2.75) is 71.3 Å². The van der Waals surface area contributed by atoms with E-state index in [1.807, 2.05) is 6.92 Å². The van der Waals surface area contributed by atoms with Crippen molar-refractivity contribution in [1.29, 1.82) is 0 Å². The fraction of sp³-hybridized carbons (Fsp3) is 0.810. The van der Waals surface area contributed by atoms with Gasteiger partial charge in [-0.25, -0.2) is 0 Å². The van der Waals surface area contributed by atoms with Crippen LogP contribution in [0, 0.1) is 18.3 Å². The number of rotatable bonds is 5. The van der Waals surface area contributed by atoms with Crippen LogP contribution in [-0.2, 0) is 11.3 Å². The number of carbonyl (C=O) groups excluding carboxylic acids is 1. The van der Waals surface area contributed by atoms with Gasteiger partial charge in [-0.3, -0.25) is 14.8 Å². The largest absolute Gasteiger partial charge is 0.342 e. The lowest BCUT2D eigenvalue weighted by atomic mass is 9.78. The second kappa shape index (κ2) is 8.12. The Kier molecular flexibility index (Phi) is 5.79. The average molecular weight is 393 g/mol. The minimum absolute atomic E-state index is 0.164. The van der Waals surface area contributed by atoms with E-state index in [-0.39, 0.29) is 5.41 Å². The van der Waals surface area contributed by atoms with Crippen LogP contribution < -0.4 is 0 Å². The summed E-state index contributed by atoms with van der Waals surface area (Å²) in [6.45, 7) is 6.42. The van der Waals surface area contributed by atoms with E-state index < -0.39 is 0 Å². The van der Waals surface area contributed by atoms with Gasteiger partial charge in [0.05, 0.1) is 21.8 Å². The van der Waals surface area contributed by atoms with Crippen LogP contribution in [0.1, 0.15) is 69.2 Å². The van der Waals surface area contributed by atoms with E-state index in [4.69, 9.17) is 11.6 Å². The summed E-state index contributed by atoms with van der Waals surface area (Å²) in [6.07, 6.45) is 11.3. The fourth-order valence-corrected chi connectivity index (χ4v) is 5.58. The average Bonchev–Trinajstić information content (AvgIpc) is 3.23. The lowest BCUT2D eigenvalue weighted by Crippen LogP contribution is -2.50. The first kappa shape index (κ1) is 19.3. The number of hydrogen-bond donors (Lipinski definition) is 1. The fourth-order valence-electron chi connectivity index (χ4n) is 5.43. The molecule has 1 aromatic heterocycles. The molecule has 0 unspecified atom stereocenters. The summed E-state index contributed by atoms with van der Waals surface area (Å²) in [5, 5.41) is 8.03. The van der Waals surface area contributed by atoms with E-state index >= 15 is 0 Å². The molecule has 1 atom stereocenters. The smallest absolute Gasteiger partial charge is 0.230 e. The third kappa shape index (κ3) is 4.04. The molecule has 3 fully saturated rings. The maximum atomic E-state index is 13.3. The van der Waals surface area contributed by atoms with Crippen LogP contribution in [-0.4, -0.2) is 52.1 Å². The molecule has 2 saturated heterocycles. The molecule has 27 heavy (non-hydrogen) atoms. The van der Waals surface area contributed by atoms with Gasteiger partial charge in [-0.15, -0.1) is 0 Å². The molecule has 1 saturated carbocycles. The number of H-pyrrole nitrogens is 1. The first-order valence-electron chi connectivity index (χ1n) is 10.8. The van der Waals surface area contributed by atoms with Crippen molar-refractivity contribution in [3.8, 4) is 0 Å². The Morgan fingerprint density at radius 2 is 2.00 bits per heavy atom. The van der Waals surface area contributed by atoms with Crippen LogP contribution in [0.4, 0.5) is 0 Å². The van der Waals surface area contributed by atoms with Gasteiger partial charge < -0.3 is 4.90 Å². The molecule has 0 radical (unpaired) electrons. The number of piperidine rings is 1. The van der Waals surface area contributed by atoms with Gasteiger partial charge in [0.1, 0.15) is 0 Å². The molecule has 6 heteroatoms. The quantitative estimate of drug-likeness (QED) is 0.818. The third-order valence-electron chi connectivity index (χ3n) is 7.10. The monoisotopic (exact) mass is 392 g/mol. The summed E-state index contributed by atoms with van der Waals surface area (Å²) in [5.41, 5.74) is 1.66. The predicted octanol–water partition coefficient (Wildman–Crippen LogP) is 4.16. The molecule has 4 rings (SSSR count). The Labute approximate surface area is 167 Å². The molecule has 0 aromatic carbocycles. The topological polar surface area (TPSA) is 52.2 Å². The van der Waals surface area contributed by atoms with Crippen LogP contribution >= 0.6 is 11.6 Å². The number of likely N-dealkylation sites (tertiary alicyclic amines) is 2. The zero-order chi connectivity index (χ0) is 18.9. The highest BCUT2D eigenvalue weighted by Crippen LogP contribution is 2.41. The summed E-state index contributed by atoms with van der Waals surface area (Å²) in [6, 6.07) is 0. The second-order valence-electron chi connectivity index (χ2n) is 9.04. The first-order chi connectivity index (χ1) is 13.1. The highest BCUT2D eigenvalue weighted by Gasteiger charge is 2.48. The van der Waals surface area contributed by atoms with Crippen LogP contribution in [0.5, 0.6) is 0 Å². The van der Waals surface area contributed by atoms with Gasteiger partial charge in [0.25, 0.3) is 0 Å². The van der Waals surface area contributed by atoms with E-state index in [2.05, 4.69) is 20.0 Å². The molecule has 1 aromatic rings. The summed E-state index contributed by atoms with van der Waals surface area (Å²) in [5.74, 6) is 1.26. The van der Waals surface area contributed by atoms with E-state index in [1.54, 1.807) is 0 Å². The Morgan fingerprint density at radius 1 is 1.19 bits per heavy atom. The Balaban J connectivity index is 1.34. The van der Waals surface area contributed by atoms with E-state index in [0.29, 0.717) is 5.91 Å². The lowest BCUT2D eigenvalue weighted by Gasteiger charge is -2.40. The number of nitrogens with one attached hydrogen (secondary N) is 1. The van der Waals surface area contributed by atoms with Crippen LogP contribution in [0.2, 0.25) is 5.02 Å². The molecule has 1 spiro atoms. The maximum absolute atomic E-state index is 13.3. The highest BCUT2D eigenvalue weighted by molar-refractivity contribution is 6.31. The molecule has 1 amide bonds. The van der Waals surface area contributed by atoms with Gasteiger partial charge in [-0.05, 0) is 45.1 Å². The maximum Gasteiger partial charge on any atom is 0.230 e. The SMILES string of the molecule is Cc1[nH]nc(CN2CC[C@@]3(CCCN(CCC4CCCCC4)C3=O)C2)c1Cl. The highest BCUT2D eigenvalue weighted by atomic mass is 35.5. The number of amides is 1. The van der Waals surface area contributed by atoms with Crippen molar-refractivity contribution in [3.63, 3.8) is 0 Å². The molecule has 3 heterocycles. The molecule has 1 aliphatic carbocycles. The van der Waals surface area contributed by atoms with Crippen molar-refractivity contribution in [1.82, 2.24) is 20.0 Å². The van der Waals surface area contributed by atoms with Crippen molar-refractivity contribution in [2.75, 3.05) is 26.2 Å².